The van der Waals surface area contributed by atoms with Crippen molar-refractivity contribution in [3.63, 3.8) is 0 Å². The van der Waals surface area contributed by atoms with Crippen molar-refractivity contribution in [2.45, 2.75) is 19.5 Å². The summed E-state index contributed by atoms with van der Waals surface area (Å²) >= 11 is 0. The summed E-state index contributed by atoms with van der Waals surface area (Å²) in [7, 11) is 0. The van der Waals surface area contributed by atoms with Crippen molar-refractivity contribution in [2.75, 3.05) is 32.7 Å². The number of hydrogen-bond donors (Lipinski definition) is 0. The summed E-state index contributed by atoms with van der Waals surface area (Å²) in [5.41, 5.74) is 0.282. The Hall–Kier alpha value is -2.54. The highest BCUT2D eigenvalue weighted by Crippen LogP contribution is 2.41. The molecule has 148 valence electrons. The van der Waals surface area contributed by atoms with Crippen LogP contribution in [0.15, 0.2) is 47.5 Å². The summed E-state index contributed by atoms with van der Waals surface area (Å²) in [6.07, 6.45) is -3.32. The Morgan fingerprint density at radius 3 is 2.46 bits per heavy atom. The van der Waals surface area contributed by atoms with Gasteiger partial charge in [-0.3, -0.25) is 4.90 Å². The minimum atomic E-state index is -4.42. The molecule has 0 spiro atoms. The first-order valence-electron chi connectivity index (χ1n) is 9.50. The van der Waals surface area contributed by atoms with Gasteiger partial charge in [-0.15, -0.1) is 0 Å². The summed E-state index contributed by atoms with van der Waals surface area (Å²) in [4.78, 5) is 9.19. The molecule has 1 fully saturated rings. The maximum absolute atomic E-state index is 13.2. The van der Waals surface area contributed by atoms with E-state index in [2.05, 4.69) is 21.7 Å². The van der Waals surface area contributed by atoms with Gasteiger partial charge in [-0.05, 0) is 43.3 Å². The first-order valence-corrected chi connectivity index (χ1v) is 9.50. The van der Waals surface area contributed by atoms with Gasteiger partial charge in [0, 0.05) is 26.2 Å². The molecule has 2 heterocycles. The summed E-state index contributed by atoms with van der Waals surface area (Å²) < 4.78 is 45.5. The lowest BCUT2D eigenvalue weighted by atomic mass is 10.1. The molecule has 4 rings (SSSR count). The van der Waals surface area contributed by atoms with Crippen LogP contribution in [0.4, 0.5) is 18.9 Å². The Labute approximate surface area is 162 Å². The van der Waals surface area contributed by atoms with Crippen LogP contribution in [0, 0.1) is 0 Å². The van der Waals surface area contributed by atoms with Crippen LogP contribution < -0.4 is 4.74 Å². The molecule has 0 N–H and O–H groups in total. The highest BCUT2D eigenvalue weighted by atomic mass is 19.4. The second-order valence-electron chi connectivity index (χ2n) is 7.04. The SMILES string of the molecule is CCCN1CCN(C2=Nc3cc(C(F)(F)F)ccc3Oc3ccccc32)CC1. The summed E-state index contributed by atoms with van der Waals surface area (Å²) in [5, 5.41) is 0. The van der Waals surface area contributed by atoms with Gasteiger partial charge in [-0.1, -0.05) is 19.1 Å². The van der Waals surface area contributed by atoms with E-state index >= 15 is 0 Å². The van der Waals surface area contributed by atoms with E-state index in [9.17, 15) is 13.2 Å². The van der Waals surface area contributed by atoms with Gasteiger partial charge in [0.05, 0.1) is 11.1 Å². The Balaban J connectivity index is 1.74. The zero-order valence-electron chi connectivity index (χ0n) is 15.7. The lowest BCUT2D eigenvalue weighted by molar-refractivity contribution is -0.137. The molecule has 2 aliphatic heterocycles. The van der Waals surface area contributed by atoms with Crippen molar-refractivity contribution in [3.05, 3.63) is 53.6 Å². The number of aliphatic imine (C=N–C) groups is 1. The molecule has 28 heavy (non-hydrogen) atoms. The largest absolute Gasteiger partial charge is 0.454 e. The van der Waals surface area contributed by atoms with Gasteiger partial charge in [-0.2, -0.15) is 13.2 Å². The number of halogens is 3. The van der Waals surface area contributed by atoms with Crippen molar-refractivity contribution in [3.8, 4) is 11.5 Å². The van der Waals surface area contributed by atoms with Gasteiger partial charge in [0.15, 0.2) is 5.75 Å². The van der Waals surface area contributed by atoms with E-state index in [1.54, 1.807) is 0 Å². The summed E-state index contributed by atoms with van der Waals surface area (Å²) in [6, 6.07) is 10.9. The molecule has 7 heteroatoms. The Morgan fingerprint density at radius 1 is 1.00 bits per heavy atom. The van der Waals surface area contributed by atoms with Crippen LogP contribution in [-0.2, 0) is 6.18 Å². The lowest BCUT2D eigenvalue weighted by Crippen LogP contribution is -2.49. The quantitative estimate of drug-likeness (QED) is 0.730. The molecule has 0 unspecified atom stereocenters. The van der Waals surface area contributed by atoms with E-state index in [-0.39, 0.29) is 5.69 Å². The van der Waals surface area contributed by atoms with Crippen LogP contribution in [0.25, 0.3) is 0 Å². The number of para-hydroxylation sites is 1. The number of benzene rings is 2. The molecule has 0 aromatic heterocycles. The van der Waals surface area contributed by atoms with Crippen LogP contribution in [0.1, 0.15) is 24.5 Å². The van der Waals surface area contributed by atoms with E-state index in [4.69, 9.17) is 4.74 Å². The van der Waals surface area contributed by atoms with Gasteiger partial charge in [0.1, 0.15) is 17.3 Å². The Bertz CT molecular complexity index is 887. The van der Waals surface area contributed by atoms with Gasteiger partial charge in [-0.25, -0.2) is 4.99 Å². The summed E-state index contributed by atoms with van der Waals surface area (Å²) in [5.74, 6) is 1.61. The van der Waals surface area contributed by atoms with Gasteiger partial charge >= 0.3 is 6.18 Å². The van der Waals surface area contributed by atoms with E-state index in [0.717, 1.165) is 56.8 Å². The van der Waals surface area contributed by atoms with E-state index in [0.29, 0.717) is 17.3 Å². The van der Waals surface area contributed by atoms with Crippen molar-refractivity contribution >= 4 is 11.5 Å². The fraction of sp³-hybridized carbons (Fsp3) is 0.381. The van der Waals surface area contributed by atoms with Crippen molar-refractivity contribution in [2.24, 2.45) is 4.99 Å². The first kappa shape index (κ1) is 18.8. The molecule has 0 bridgehead atoms. The second-order valence-corrected chi connectivity index (χ2v) is 7.04. The average Bonchev–Trinajstić information content (AvgIpc) is 2.84. The number of hydrogen-bond acceptors (Lipinski definition) is 4. The number of piperazine rings is 1. The van der Waals surface area contributed by atoms with Crippen molar-refractivity contribution in [1.29, 1.82) is 0 Å². The highest BCUT2D eigenvalue weighted by molar-refractivity contribution is 6.03. The number of fused-ring (bicyclic) bond motifs is 2. The maximum Gasteiger partial charge on any atom is 0.416 e. The predicted octanol–water partition coefficient (Wildman–Crippen LogP) is 4.92. The predicted molar refractivity (Wildman–Crippen MR) is 102 cm³/mol. The van der Waals surface area contributed by atoms with Crippen LogP contribution in [0.3, 0.4) is 0 Å². The Kier molecular flexibility index (Phi) is 5.02. The first-order chi connectivity index (χ1) is 13.5. The Morgan fingerprint density at radius 2 is 1.75 bits per heavy atom. The van der Waals surface area contributed by atoms with Crippen molar-refractivity contribution in [1.82, 2.24) is 9.80 Å². The molecule has 0 amide bonds. The minimum absolute atomic E-state index is 0.206. The third-order valence-corrected chi connectivity index (χ3v) is 5.07. The molecule has 0 aliphatic carbocycles. The maximum atomic E-state index is 13.2. The highest BCUT2D eigenvalue weighted by Gasteiger charge is 2.32. The van der Waals surface area contributed by atoms with Crippen LogP contribution in [0.5, 0.6) is 11.5 Å². The molecule has 4 nitrogen and oxygen atoms in total. The van der Waals surface area contributed by atoms with E-state index in [1.807, 2.05) is 24.3 Å². The van der Waals surface area contributed by atoms with Crippen LogP contribution in [0.2, 0.25) is 0 Å². The monoisotopic (exact) mass is 389 g/mol. The molecule has 2 aromatic rings. The topological polar surface area (TPSA) is 28.1 Å². The van der Waals surface area contributed by atoms with Crippen LogP contribution in [-0.4, -0.2) is 48.4 Å². The van der Waals surface area contributed by atoms with E-state index in [1.165, 1.54) is 6.07 Å². The number of alkyl halides is 3. The molecular weight excluding hydrogens is 367 g/mol. The van der Waals surface area contributed by atoms with Crippen molar-refractivity contribution < 1.29 is 17.9 Å². The second kappa shape index (κ2) is 7.47. The number of ether oxygens (including phenoxy) is 1. The third-order valence-electron chi connectivity index (χ3n) is 5.07. The smallest absolute Gasteiger partial charge is 0.416 e. The fourth-order valence-corrected chi connectivity index (χ4v) is 3.64. The standard InChI is InChI=1S/C21H22F3N3O/c1-2-9-26-10-12-27(13-11-26)20-16-5-3-4-6-18(16)28-19-8-7-15(21(22,23)24)14-17(19)25-20/h3-8,14H,2,9-13H2,1H3. The molecule has 0 saturated carbocycles. The zero-order chi connectivity index (χ0) is 19.7. The summed E-state index contributed by atoms with van der Waals surface area (Å²) in [6.45, 7) is 6.59. The molecule has 1 saturated heterocycles. The van der Waals surface area contributed by atoms with Gasteiger partial charge in [0.25, 0.3) is 0 Å². The number of rotatable bonds is 2. The molecular formula is C21H22F3N3O. The number of amidine groups is 1. The van der Waals surface area contributed by atoms with Gasteiger partial charge < -0.3 is 9.64 Å². The zero-order valence-corrected chi connectivity index (χ0v) is 15.7. The average molecular weight is 389 g/mol. The van der Waals surface area contributed by atoms with Gasteiger partial charge in [0.2, 0.25) is 0 Å². The minimum Gasteiger partial charge on any atom is -0.454 e. The third kappa shape index (κ3) is 3.71. The fourth-order valence-electron chi connectivity index (χ4n) is 3.64. The normalized spacial score (nSPS) is 17.3. The molecule has 2 aromatic carbocycles. The molecule has 0 atom stereocenters. The molecule has 2 aliphatic rings. The molecule has 0 radical (unpaired) electrons. The lowest BCUT2D eigenvalue weighted by Gasteiger charge is -2.36. The van der Waals surface area contributed by atoms with Crippen LogP contribution >= 0.6 is 0 Å². The number of nitrogens with zero attached hydrogens (tertiary/aromatic N) is 3. The van der Waals surface area contributed by atoms with E-state index < -0.39 is 11.7 Å².